The highest BCUT2D eigenvalue weighted by atomic mass is 32.2. The van der Waals surface area contributed by atoms with Crippen LogP contribution in [0.2, 0.25) is 0 Å². The van der Waals surface area contributed by atoms with Crippen molar-refractivity contribution >= 4 is 15.9 Å². The Hall–Kier alpha value is -1.60. The summed E-state index contributed by atoms with van der Waals surface area (Å²) >= 11 is 0. The molecule has 140 valence electrons. The molecule has 1 fully saturated rings. The van der Waals surface area contributed by atoms with Crippen LogP contribution in [-0.2, 0) is 14.8 Å². The molecule has 1 aliphatic heterocycles. The van der Waals surface area contributed by atoms with E-state index in [-0.39, 0.29) is 30.2 Å². The maximum absolute atomic E-state index is 12.5. The van der Waals surface area contributed by atoms with Gasteiger partial charge in [0.05, 0.1) is 17.7 Å². The third-order valence-electron chi connectivity index (χ3n) is 4.48. The first-order valence-corrected chi connectivity index (χ1v) is 10.4. The number of hydrogen-bond donors (Lipinski definition) is 1. The van der Waals surface area contributed by atoms with Crippen molar-refractivity contribution in [2.75, 3.05) is 25.4 Å². The maximum atomic E-state index is 12.5. The van der Waals surface area contributed by atoms with Crippen LogP contribution in [0.15, 0.2) is 24.3 Å². The van der Waals surface area contributed by atoms with Crippen molar-refractivity contribution in [3.63, 3.8) is 0 Å². The Labute approximate surface area is 150 Å². The minimum absolute atomic E-state index is 0.0714. The first-order valence-electron chi connectivity index (χ1n) is 8.80. The van der Waals surface area contributed by atoms with Crippen molar-refractivity contribution in [1.29, 1.82) is 0 Å². The molecular formula is C18H28N2O4S. The number of piperidine rings is 1. The zero-order chi connectivity index (χ0) is 18.4. The van der Waals surface area contributed by atoms with Crippen LogP contribution < -0.4 is 10.1 Å². The van der Waals surface area contributed by atoms with Crippen LogP contribution in [0, 0.1) is 12.8 Å². The molecule has 1 saturated heterocycles. The van der Waals surface area contributed by atoms with Crippen molar-refractivity contribution in [1.82, 2.24) is 9.62 Å². The summed E-state index contributed by atoms with van der Waals surface area (Å²) in [6, 6.07) is 7.59. The lowest BCUT2D eigenvalue weighted by molar-refractivity contribution is -0.126. The highest BCUT2D eigenvalue weighted by molar-refractivity contribution is 7.89. The number of amides is 1. The van der Waals surface area contributed by atoms with Gasteiger partial charge >= 0.3 is 0 Å². The summed E-state index contributed by atoms with van der Waals surface area (Å²) in [6.45, 7) is 6.65. The van der Waals surface area contributed by atoms with E-state index in [9.17, 15) is 13.2 Å². The first kappa shape index (κ1) is 19.7. The zero-order valence-corrected chi connectivity index (χ0v) is 16.0. The van der Waals surface area contributed by atoms with Crippen molar-refractivity contribution in [2.45, 2.75) is 39.7 Å². The van der Waals surface area contributed by atoms with Gasteiger partial charge in [-0.25, -0.2) is 12.7 Å². The van der Waals surface area contributed by atoms with Crippen LogP contribution in [0.1, 0.15) is 32.3 Å². The highest BCUT2D eigenvalue weighted by Crippen LogP contribution is 2.20. The lowest BCUT2D eigenvalue weighted by Gasteiger charge is -2.31. The monoisotopic (exact) mass is 368 g/mol. The summed E-state index contributed by atoms with van der Waals surface area (Å²) in [5, 5.41) is 2.94. The van der Waals surface area contributed by atoms with Crippen molar-refractivity contribution in [3.8, 4) is 5.75 Å². The fraction of sp³-hybridized carbons (Fsp3) is 0.611. The third-order valence-corrected chi connectivity index (χ3v) is 6.33. The molecule has 0 aromatic heterocycles. The van der Waals surface area contributed by atoms with Gasteiger partial charge in [0.1, 0.15) is 12.4 Å². The highest BCUT2D eigenvalue weighted by Gasteiger charge is 2.31. The second-order valence-electron chi connectivity index (χ2n) is 6.58. The van der Waals surface area contributed by atoms with E-state index >= 15 is 0 Å². The fourth-order valence-corrected chi connectivity index (χ4v) is 4.11. The molecule has 1 aromatic rings. The van der Waals surface area contributed by atoms with E-state index in [1.54, 1.807) is 6.92 Å². The fourth-order valence-electron chi connectivity index (χ4n) is 2.93. The number of rotatable bonds is 7. The summed E-state index contributed by atoms with van der Waals surface area (Å²) in [4.78, 5) is 12.5. The molecule has 1 aliphatic rings. The predicted octanol–water partition coefficient (Wildman–Crippen LogP) is 1.94. The largest absolute Gasteiger partial charge is 0.491 e. The van der Waals surface area contributed by atoms with Crippen molar-refractivity contribution in [2.24, 2.45) is 5.92 Å². The summed E-state index contributed by atoms with van der Waals surface area (Å²) < 4.78 is 31.2. The van der Waals surface area contributed by atoms with E-state index in [2.05, 4.69) is 5.32 Å². The molecule has 2 rings (SSSR count). The van der Waals surface area contributed by atoms with Gasteiger partial charge in [-0.2, -0.15) is 0 Å². The molecule has 0 saturated carbocycles. The number of carbonyl (C=O) groups is 1. The number of hydrogen-bond acceptors (Lipinski definition) is 4. The second-order valence-corrected chi connectivity index (χ2v) is 8.84. The molecule has 2 atom stereocenters. The molecule has 6 nitrogen and oxygen atoms in total. The molecule has 1 heterocycles. The van der Waals surface area contributed by atoms with Gasteiger partial charge in [0.15, 0.2) is 0 Å². The summed E-state index contributed by atoms with van der Waals surface area (Å²) in [5.74, 6) is 0.483. The Bertz CT molecular complexity index is 690. The van der Waals surface area contributed by atoms with E-state index < -0.39 is 10.0 Å². The topological polar surface area (TPSA) is 75.7 Å². The Kier molecular flexibility index (Phi) is 6.84. The third kappa shape index (κ3) is 5.44. The van der Waals surface area contributed by atoms with Gasteiger partial charge in [-0.3, -0.25) is 4.79 Å². The van der Waals surface area contributed by atoms with Crippen molar-refractivity contribution in [3.05, 3.63) is 29.8 Å². The number of sulfonamides is 1. The zero-order valence-electron chi connectivity index (χ0n) is 15.2. The van der Waals surface area contributed by atoms with Crippen LogP contribution in [-0.4, -0.2) is 50.1 Å². The summed E-state index contributed by atoms with van der Waals surface area (Å²) in [7, 11) is -3.24. The molecular weight excluding hydrogens is 340 g/mol. The molecule has 0 unspecified atom stereocenters. The quantitative estimate of drug-likeness (QED) is 0.798. The summed E-state index contributed by atoms with van der Waals surface area (Å²) in [6.07, 6.45) is 1.43. The van der Waals surface area contributed by atoms with Gasteiger partial charge < -0.3 is 10.1 Å². The molecule has 1 amide bonds. The predicted molar refractivity (Wildman–Crippen MR) is 98.0 cm³/mol. The molecule has 0 bridgehead atoms. The van der Waals surface area contributed by atoms with E-state index in [4.69, 9.17) is 4.74 Å². The number of nitrogens with one attached hydrogen (secondary N) is 1. The maximum Gasteiger partial charge on any atom is 0.224 e. The average molecular weight is 368 g/mol. The lowest BCUT2D eigenvalue weighted by Crippen LogP contribution is -2.48. The number of aryl methyl sites for hydroxylation is 1. The Balaban J connectivity index is 1.85. The molecule has 1 N–H and O–H groups in total. The smallest absolute Gasteiger partial charge is 0.224 e. The molecule has 0 aliphatic carbocycles. The number of nitrogens with zero attached hydrogens (tertiary/aromatic N) is 1. The minimum atomic E-state index is -3.24. The molecule has 25 heavy (non-hydrogen) atoms. The number of benzene rings is 1. The van der Waals surface area contributed by atoms with E-state index in [0.29, 0.717) is 26.0 Å². The molecule has 1 aromatic carbocycles. The molecule has 7 heteroatoms. The van der Waals surface area contributed by atoms with Crippen LogP contribution in [0.4, 0.5) is 0 Å². The lowest BCUT2D eigenvalue weighted by atomic mass is 9.98. The van der Waals surface area contributed by atoms with Gasteiger partial charge in [-0.15, -0.1) is 0 Å². The molecule has 0 radical (unpaired) electrons. The average Bonchev–Trinajstić information content (AvgIpc) is 2.61. The number of ether oxygens (including phenoxy) is 1. The van der Waals surface area contributed by atoms with E-state index in [0.717, 1.165) is 11.3 Å². The second kappa shape index (κ2) is 8.67. The Morgan fingerprint density at radius 1 is 1.40 bits per heavy atom. The Morgan fingerprint density at radius 2 is 2.12 bits per heavy atom. The normalized spacial score (nSPS) is 20.0. The van der Waals surface area contributed by atoms with Gasteiger partial charge in [0, 0.05) is 13.1 Å². The van der Waals surface area contributed by atoms with Crippen LogP contribution >= 0.6 is 0 Å². The number of carbonyl (C=O) groups excluding carboxylic acids is 1. The van der Waals surface area contributed by atoms with Gasteiger partial charge in [0.25, 0.3) is 0 Å². The van der Waals surface area contributed by atoms with Crippen molar-refractivity contribution < 1.29 is 17.9 Å². The van der Waals surface area contributed by atoms with Gasteiger partial charge in [-0.05, 0) is 45.2 Å². The SMILES string of the molecule is CCS(=O)(=O)N1CCC[C@@H](C(=O)N[C@@H](C)COc2ccccc2C)C1. The van der Waals surface area contributed by atoms with Gasteiger partial charge in [0.2, 0.25) is 15.9 Å². The number of para-hydroxylation sites is 1. The van der Waals surface area contributed by atoms with Gasteiger partial charge in [-0.1, -0.05) is 18.2 Å². The Morgan fingerprint density at radius 3 is 2.80 bits per heavy atom. The standard InChI is InChI=1S/C18H28N2O4S/c1-4-25(22,23)20-11-7-9-16(12-20)18(21)19-15(3)13-24-17-10-6-5-8-14(17)2/h5-6,8,10,15-16H,4,7,9,11-13H2,1-3H3,(H,19,21)/t15-,16+/m0/s1. The van der Waals surface area contributed by atoms with Crippen LogP contribution in [0.5, 0.6) is 5.75 Å². The van der Waals surface area contributed by atoms with E-state index in [1.807, 2.05) is 38.1 Å². The molecule has 0 spiro atoms. The minimum Gasteiger partial charge on any atom is -0.491 e. The van der Waals surface area contributed by atoms with Crippen LogP contribution in [0.3, 0.4) is 0 Å². The van der Waals surface area contributed by atoms with Crippen LogP contribution in [0.25, 0.3) is 0 Å². The van der Waals surface area contributed by atoms with E-state index in [1.165, 1.54) is 4.31 Å². The first-order chi connectivity index (χ1) is 11.8. The summed E-state index contributed by atoms with van der Waals surface area (Å²) in [5.41, 5.74) is 1.05.